The summed E-state index contributed by atoms with van der Waals surface area (Å²) >= 11 is 0. The zero-order valence-corrected chi connectivity index (χ0v) is 24.1. The molecular weight excluding hydrogens is 506 g/mol. The van der Waals surface area contributed by atoms with Gasteiger partial charge in [0.15, 0.2) is 0 Å². The van der Waals surface area contributed by atoms with Crippen LogP contribution in [0.2, 0.25) is 0 Å². The third-order valence-corrected chi connectivity index (χ3v) is 7.00. The molecule has 0 saturated heterocycles. The Balaban J connectivity index is 2.02. The minimum atomic E-state index is -0.996. The van der Waals surface area contributed by atoms with Crippen molar-refractivity contribution in [1.82, 2.24) is 5.32 Å². The molecule has 0 heterocycles. The molecule has 214 valence electrons. The first kappa shape index (κ1) is 30.9. The highest BCUT2D eigenvalue weighted by Crippen LogP contribution is 2.42. The van der Waals surface area contributed by atoms with Crippen LogP contribution in [0.4, 0.5) is 0 Å². The predicted molar refractivity (Wildman–Crippen MR) is 156 cm³/mol. The largest absolute Gasteiger partial charge is 0.497 e. The van der Waals surface area contributed by atoms with E-state index >= 15 is 0 Å². The highest BCUT2D eigenvalue weighted by atomic mass is 16.5. The Morgan fingerprint density at radius 1 is 0.775 bits per heavy atom. The van der Waals surface area contributed by atoms with Gasteiger partial charge in [-0.2, -0.15) is 0 Å². The molecule has 0 saturated carbocycles. The molecule has 2 unspecified atom stereocenters. The maximum Gasteiger partial charge on any atom is 0.306 e. The van der Waals surface area contributed by atoms with E-state index in [4.69, 9.17) is 18.9 Å². The molecule has 40 heavy (non-hydrogen) atoms. The first-order valence-electron chi connectivity index (χ1n) is 13.8. The lowest BCUT2D eigenvalue weighted by atomic mass is 9.79. The summed E-state index contributed by atoms with van der Waals surface area (Å²) in [6, 6.07) is 25.5. The Morgan fingerprint density at radius 3 is 1.77 bits per heavy atom. The Morgan fingerprint density at radius 2 is 1.30 bits per heavy atom. The van der Waals surface area contributed by atoms with Gasteiger partial charge in [0.25, 0.3) is 0 Å². The Hall–Kier alpha value is -3.68. The van der Waals surface area contributed by atoms with Crippen LogP contribution >= 0.6 is 0 Å². The molecule has 0 spiro atoms. The number of hydrogen-bond acceptors (Lipinski definition) is 7. The molecule has 0 bridgehead atoms. The quantitative estimate of drug-likeness (QED) is 0.182. The summed E-state index contributed by atoms with van der Waals surface area (Å²) in [5.74, 6) is 1.14. The van der Waals surface area contributed by atoms with Gasteiger partial charge in [-0.3, -0.25) is 9.59 Å². The Kier molecular flexibility index (Phi) is 11.7. The lowest BCUT2D eigenvalue weighted by molar-refractivity contribution is -0.147. The molecule has 3 rings (SSSR count). The van der Waals surface area contributed by atoms with Crippen LogP contribution in [0.1, 0.15) is 56.7 Å². The Bertz CT molecular complexity index is 1150. The van der Waals surface area contributed by atoms with E-state index in [1.54, 1.807) is 21.1 Å². The van der Waals surface area contributed by atoms with Crippen LogP contribution in [0.3, 0.4) is 0 Å². The molecule has 1 N–H and O–H groups in total. The second-order valence-corrected chi connectivity index (χ2v) is 9.57. The lowest BCUT2D eigenvalue weighted by Crippen LogP contribution is -2.48. The topological polar surface area (TPSA) is 83.1 Å². The summed E-state index contributed by atoms with van der Waals surface area (Å²) in [6.45, 7) is 6.54. The van der Waals surface area contributed by atoms with Crippen molar-refractivity contribution in [2.45, 2.75) is 57.8 Å². The van der Waals surface area contributed by atoms with Gasteiger partial charge in [0.05, 0.1) is 32.8 Å². The number of Topliss-reactive ketones (excluding diaryl/α,β-unsaturated/α-hetero) is 1. The third-order valence-electron chi connectivity index (χ3n) is 7.00. The predicted octanol–water partition coefficient (Wildman–Crippen LogP) is 5.68. The van der Waals surface area contributed by atoms with Gasteiger partial charge in [-0.15, -0.1) is 0 Å². The van der Waals surface area contributed by atoms with Crippen LogP contribution in [-0.2, 0) is 24.7 Å². The van der Waals surface area contributed by atoms with Gasteiger partial charge < -0.3 is 24.3 Å². The van der Waals surface area contributed by atoms with E-state index in [1.807, 2.05) is 92.7 Å². The zero-order chi connectivity index (χ0) is 29.0. The fourth-order valence-corrected chi connectivity index (χ4v) is 4.69. The zero-order valence-electron chi connectivity index (χ0n) is 24.1. The molecule has 0 aliphatic rings. The number of nitrogens with one attached hydrogen (secondary N) is 1. The second-order valence-electron chi connectivity index (χ2n) is 9.57. The van der Waals surface area contributed by atoms with E-state index < -0.39 is 17.7 Å². The van der Waals surface area contributed by atoms with E-state index in [1.165, 1.54) is 0 Å². The van der Waals surface area contributed by atoms with E-state index in [0.717, 1.165) is 28.2 Å². The third kappa shape index (κ3) is 7.71. The van der Waals surface area contributed by atoms with Crippen molar-refractivity contribution in [3.05, 3.63) is 95.6 Å². The van der Waals surface area contributed by atoms with Crippen molar-refractivity contribution in [1.29, 1.82) is 0 Å². The highest BCUT2D eigenvalue weighted by Gasteiger charge is 2.41. The molecule has 0 amide bonds. The molecule has 0 aromatic heterocycles. The molecule has 0 fully saturated rings. The van der Waals surface area contributed by atoms with Gasteiger partial charge >= 0.3 is 5.97 Å². The van der Waals surface area contributed by atoms with Gasteiger partial charge in [0, 0.05) is 12.8 Å². The normalized spacial score (nSPS) is 12.8. The number of hydrogen-bond donors (Lipinski definition) is 1. The molecule has 3 aromatic carbocycles. The standard InChI is InChI=1S/C33H41NO6/c1-6-28(35)17-22-32(36)39-23-31(34-7-2)24(3)40-33(25-11-9-8-10-12-25,26-13-18-29(37-4)19-14-26)27-15-20-30(38-5)21-16-27/h8-16,18-21,24,31,34H,6-7,17,22-23H2,1-5H3. The van der Waals surface area contributed by atoms with Crippen molar-refractivity contribution in [2.24, 2.45) is 0 Å². The highest BCUT2D eigenvalue weighted by molar-refractivity contribution is 5.82. The van der Waals surface area contributed by atoms with Crippen LogP contribution in [0, 0.1) is 0 Å². The number of methoxy groups -OCH3 is 2. The molecule has 0 radical (unpaired) electrons. The number of ether oxygens (including phenoxy) is 4. The number of benzene rings is 3. The smallest absolute Gasteiger partial charge is 0.306 e. The number of rotatable bonds is 16. The molecule has 7 nitrogen and oxygen atoms in total. The summed E-state index contributed by atoms with van der Waals surface area (Å²) < 4.78 is 23.6. The molecular formula is C33H41NO6. The van der Waals surface area contributed by atoms with Gasteiger partial charge in [-0.1, -0.05) is 68.4 Å². The van der Waals surface area contributed by atoms with Crippen molar-refractivity contribution < 1.29 is 28.5 Å². The lowest BCUT2D eigenvalue weighted by Gasteiger charge is -2.40. The average Bonchev–Trinajstić information content (AvgIpc) is 3.01. The first-order chi connectivity index (χ1) is 19.4. The second kappa shape index (κ2) is 15.2. The number of ketones is 1. The van der Waals surface area contributed by atoms with Crippen molar-refractivity contribution >= 4 is 11.8 Å². The Labute approximate surface area is 237 Å². The average molecular weight is 548 g/mol. The summed E-state index contributed by atoms with van der Waals surface area (Å²) in [5.41, 5.74) is 1.79. The fraction of sp³-hybridized carbons (Fsp3) is 0.394. The molecule has 7 heteroatoms. The summed E-state index contributed by atoms with van der Waals surface area (Å²) in [6.07, 6.45) is 0.289. The summed E-state index contributed by atoms with van der Waals surface area (Å²) in [7, 11) is 3.28. The van der Waals surface area contributed by atoms with Crippen LogP contribution < -0.4 is 14.8 Å². The van der Waals surface area contributed by atoms with Crippen LogP contribution in [-0.4, -0.2) is 51.3 Å². The minimum Gasteiger partial charge on any atom is -0.497 e. The van der Waals surface area contributed by atoms with Gasteiger partial charge in [0.1, 0.15) is 29.5 Å². The van der Waals surface area contributed by atoms with E-state index in [9.17, 15) is 9.59 Å². The molecule has 2 atom stereocenters. The van der Waals surface area contributed by atoms with E-state index in [0.29, 0.717) is 13.0 Å². The summed E-state index contributed by atoms with van der Waals surface area (Å²) in [4.78, 5) is 24.0. The molecule has 0 aliphatic carbocycles. The minimum absolute atomic E-state index is 0.0449. The first-order valence-corrected chi connectivity index (χ1v) is 13.8. The van der Waals surface area contributed by atoms with E-state index in [-0.39, 0.29) is 31.3 Å². The summed E-state index contributed by atoms with van der Waals surface area (Å²) in [5, 5.41) is 3.42. The number of esters is 1. The van der Waals surface area contributed by atoms with Gasteiger partial charge in [-0.25, -0.2) is 0 Å². The van der Waals surface area contributed by atoms with Crippen molar-refractivity contribution in [2.75, 3.05) is 27.4 Å². The van der Waals surface area contributed by atoms with Gasteiger partial charge in [-0.05, 0) is 54.4 Å². The number of carbonyl (C=O) groups excluding carboxylic acids is 2. The maximum atomic E-state index is 12.4. The molecule has 3 aromatic rings. The van der Waals surface area contributed by atoms with E-state index in [2.05, 4.69) is 5.32 Å². The van der Waals surface area contributed by atoms with Crippen LogP contribution in [0.5, 0.6) is 11.5 Å². The van der Waals surface area contributed by atoms with Crippen LogP contribution in [0.25, 0.3) is 0 Å². The van der Waals surface area contributed by atoms with Crippen LogP contribution in [0.15, 0.2) is 78.9 Å². The fourth-order valence-electron chi connectivity index (χ4n) is 4.69. The monoisotopic (exact) mass is 547 g/mol. The van der Waals surface area contributed by atoms with Gasteiger partial charge in [0.2, 0.25) is 0 Å². The molecule has 0 aliphatic heterocycles. The number of likely N-dealkylation sites (N-methyl/N-ethyl adjacent to an activating group) is 1. The maximum absolute atomic E-state index is 12.4. The number of carbonyl (C=O) groups is 2. The SMILES string of the molecule is CCNC(COC(=O)CCC(=O)CC)C(C)OC(c1ccccc1)(c1ccc(OC)cc1)c1ccc(OC)cc1. The van der Waals surface area contributed by atoms with Crippen molar-refractivity contribution in [3.63, 3.8) is 0 Å². The van der Waals surface area contributed by atoms with Crippen molar-refractivity contribution in [3.8, 4) is 11.5 Å².